The van der Waals surface area contributed by atoms with E-state index in [9.17, 15) is 9.59 Å². The van der Waals surface area contributed by atoms with Crippen molar-refractivity contribution in [2.45, 2.75) is 32.9 Å². The highest BCUT2D eigenvalue weighted by molar-refractivity contribution is 6.23. The van der Waals surface area contributed by atoms with Gasteiger partial charge in [0.15, 0.2) is 5.75 Å². The molecule has 8 nitrogen and oxygen atoms in total. The van der Waals surface area contributed by atoms with E-state index >= 15 is 0 Å². The van der Waals surface area contributed by atoms with Gasteiger partial charge in [0.1, 0.15) is 11.6 Å². The summed E-state index contributed by atoms with van der Waals surface area (Å²) in [6, 6.07) is 12.1. The largest absolute Gasteiger partial charge is 0.596 e. The summed E-state index contributed by atoms with van der Waals surface area (Å²) < 4.78 is 7.86. The van der Waals surface area contributed by atoms with Gasteiger partial charge in [-0.15, -0.1) is 0 Å². The lowest BCUT2D eigenvalue weighted by Crippen LogP contribution is -2.48. The molecular formula is C23H25N4O4+. The third kappa shape index (κ3) is 3.30. The van der Waals surface area contributed by atoms with Crippen LogP contribution in [0, 0.1) is 5.41 Å². The second kappa shape index (κ2) is 7.79. The Bertz CT molecular complexity index is 1270. The smallest absolute Gasteiger partial charge is 0.327 e. The molecule has 0 saturated heterocycles. The van der Waals surface area contributed by atoms with Crippen molar-refractivity contribution in [1.29, 1.82) is 5.41 Å². The summed E-state index contributed by atoms with van der Waals surface area (Å²) >= 11 is 0. The van der Waals surface area contributed by atoms with E-state index in [0.717, 1.165) is 5.56 Å². The molecule has 1 aromatic heterocycles. The number of hydrogen-bond acceptors (Lipinski definition) is 4. The summed E-state index contributed by atoms with van der Waals surface area (Å²) in [4.78, 5) is 28.9. The number of aromatic nitrogens is 2. The molecule has 1 amide bonds. The molecule has 0 aliphatic carbocycles. The van der Waals surface area contributed by atoms with Crippen LogP contribution < -0.4 is 15.7 Å². The molecule has 1 aliphatic rings. The van der Waals surface area contributed by atoms with Gasteiger partial charge in [0.2, 0.25) is 11.9 Å². The number of allylic oxidation sites excluding steroid dienone is 2. The fraction of sp³-hybridized carbons (Fsp3) is 0.261. The standard InChI is InChI=1S/C23H24N4O4/c1-4-25-22(29)21-18(14-8-6-5-7-9-14)27-19-16(26-23(27)30)11-10-15(20(19)31-21)17(12(2)24)13(3)28/h5-11,18,21,24,28H,4H2,1-3H3,(H,25,29)(H,26,30)/p+1/b17-13+,24-12?. The van der Waals surface area contributed by atoms with E-state index in [1.165, 1.54) is 0 Å². The van der Waals surface area contributed by atoms with Crippen molar-refractivity contribution < 1.29 is 14.6 Å². The first-order valence-electron chi connectivity index (χ1n) is 10.1. The fourth-order valence-electron chi connectivity index (χ4n) is 4.23. The minimum absolute atomic E-state index is 0.205. The normalized spacial score (nSPS) is 18.3. The predicted molar refractivity (Wildman–Crippen MR) is 120 cm³/mol. The van der Waals surface area contributed by atoms with Crippen molar-refractivity contribution in [3.63, 3.8) is 0 Å². The lowest BCUT2D eigenvalue weighted by molar-refractivity contribution is -0.129. The first-order valence-corrected chi connectivity index (χ1v) is 10.1. The molecule has 8 heteroatoms. The number of carbonyl (C=O) groups is 1. The van der Waals surface area contributed by atoms with Crippen LogP contribution in [0.3, 0.4) is 0 Å². The molecule has 5 N–H and O–H groups in total. The van der Waals surface area contributed by atoms with Crippen LogP contribution in [0.25, 0.3) is 16.6 Å². The quantitative estimate of drug-likeness (QED) is 0.333. The van der Waals surface area contributed by atoms with Crippen molar-refractivity contribution in [3.05, 3.63) is 69.8 Å². The summed E-state index contributed by atoms with van der Waals surface area (Å²) in [7, 11) is 0. The predicted octanol–water partition coefficient (Wildman–Crippen LogP) is 2.31. The number of amides is 1. The molecular weight excluding hydrogens is 396 g/mol. The van der Waals surface area contributed by atoms with Gasteiger partial charge in [0.05, 0.1) is 11.1 Å². The molecule has 160 valence electrons. The lowest BCUT2D eigenvalue weighted by atomic mass is 9.95. The number of imidazole rings is 1. The Hall–Kier alpha value is -3.81. The highest BCUT2D eigenvalue weighted by Gasteiger charge is 2.41. The fourth-order valence-corrected chi connectivity index (χ4v) is 4.23. The molecule has 3 aromatic rings. The Kier molecular flexibility index (Phi) is 5.14. The van der Waals surface area contributed by atoms with Crippen LogP contribution in [0.2, 0.25) is 0 Å². The highest BCUT2D eigenvalue weighted by Crippen LogP contribution is 2.42. The van der Waals surface area contributed by atoms with Gasteiger partial charge >= 0.3 is 5.69 Å². The van der Waals surface area contributed by atoms with Gasteiger partial charge in [-0.2, -0.15) is 0 Å². The molecule has 0 radical (unpaired) electrons. The monoisotopic (exact) mass is 421 g/mol. The number of hydrogen-bond donors (Lipinski definition) is 3. The third-order valence-electron chi connectivity index (χ3n) is 5.41. The number of likely N-dealkylation sites (N-methyl/N-ethyl adjacent to an activating group) is 1. The number of ether oxygens (including phenoxy) is 1. The van der Waals surface area contributed by atoms with Crippen molar-refractivity contribution >= 4 is 28.2 Å². The van der Waals surface area contributed by atoms with Crippen LogP contribution >= 0.6 is 0 Å². The van der Waals surface area contributed by atoms with E-state index in [4.69, 9.17) is 15.3 Å². The molecule has 2 unspecified atom stereocenters. The van der Waals surface area contributed by atoms with Gasteiger partial charge in [0.25, 0.3) is 5.91 Å². The zero-order valence-electron chi connectivity index (χ0n) is 17.6. The number of benzene rings is 2. The average molecular weight is 421 g/mol. The summed E-state index contributed by atoms with van der Waals surface area (Å²) in [5.41, 5.74) is 2.65. The minimum Gasteiger partial charge on any atom is -0.596 e. The van der Waals surface area contributed by atoms with Crippen molar-refractivity contribution in [2.24, 2.45) is 0 Å². The summed E-state index contributed by atoms with van der Waals surface area (Å²) in [6.45, 7) is 5.44. The minimum atomic E-state index is -0.994. The SMILES string of the molecule is CCNC(=O)C1Oc2c(/C(C(C)=N)=C(\C)[OH2+])ccc3[nH]c(=O)n(c23)C1c1ccccc1. The third-order valence-corrected chi connectivity index (χ3v) is 5.41. The van der Waals surface area contributed by atoms with E-state index in [2.05, 4.69) is 10.3 Å². The molecule has 4 rings (SSSR count). The maximum Gasteiger partial charge on any atom is 0.327 e. The first-order chi connectivity index (χ1) is 14.8. The maximum atomic E-state index is 13.0. The van der Waals surface area contributed by atoms with Crippen LogP contribution in [-0.4, -0.2) is 38.9 Å². The average Bonchev–Trinajstić information content (AvgIpc) is 3.07. The van der Waals surface area contributed by atoms with Crippen LogP contribution in [-0.2, 0) is 4.79 Å². The molecule has 2 heterocycles. The van der Waals surface area contributed by atoms with Crippen LogP contribution in [0.1, 0.15) is 37.9 Å². The van der Waals surface area contributed by atoms with E-state index < -0.39 is 12.1 Å². The second-order valence-electron chi connectivity index (χ2n) is 7.55. The number of nitrogens with zero attached hydrogens (tertiary/aromatic N) is 1. The molecule has 31 heavy (non-hydrogen) atoms. The zero-order valence-corrected chi connectivity index (χ0v) is 17.6. The Morgan fingerprint density at radius 2 is 1.94 bits per heavy atom. The van der Waals surface area contributed by atoms with E-state index in [-0.39, 0.29) is 23.1 Å². The molecule has 0 bridgehead atoms. The lowest BCUT2D eigenvalue weighted by Gasteiger charge is -2.33. The Balaban J connectivity index is 2.06. The highest BCUT2D eigenvalue weighted by atomic mass is 16.5. The summed E-state index contributed by atoms with van der Waals surface area (Å²) in [5, 5.41) is 19.1. The number of nitrogens with one attached hydrogen (secondary N) is 3. The summed E-state index contributed by atoms with van der Waals surface area (Å²) in [5.74, 6) is 0.195. The summed E-state index contributed by atoms with van der Waals surface area (Å²) in [6.07, 6.45) is -0.994. The van der Waals surface area contributed by atoms with Crippen molar-refractivity contribution in [1.82, 2.24) is 14.9 Å². The number of rotatable bonds is 5. The Morgan fingerprint density at radius 1 is 1.23 bits per heavy atom. The molecule has 1 aliphatic heterocycles. The van der Waals surface area contributed by atoms with Gasteiger partial charge in [-0.1, -0.05) is 30.3 Å². The molecule has 2 aromatic carbocycles. The van der Waals surface area contributed by atoms with Gasteiger partial charge in [-0.25, -0.2) is 4.79 Å². The van der Waals surface area contributed by atoms with Crippen molar-refractivity contribution in [3.8, 4) is 5.75 Å². The Labute approximate surface area is 178 Å². The van der Waals surface area contributed by atoms with E-state index in [1.54, 1.807) is 30.5 Å². The van der Waals surface area contributed by atoms with Crippen LogP contribution in [0.15, 0.2) is 53.0 Å². The molecule has 0 fully saturated rings. The first kappa shape index (κ1) is 20.5. The Morgan fingerprint density at radius 3 is 2.55 bits per heavy atom. The van der Waals surface area contributed by atoms with Gasteiger partial charge < -0.3 is 25.6 Å². The topological polar surface area (TPSA) is 123 Å². The zero-order chi connectivity index (χ0) is 22.3. The molecule has 0 saturated carbocycles. The van der Waals surface area contributed by atoms with E-state index in [0.29, 0.717) is 34.5 Å². The van der Waals surface area contributed by atoms with E-state index in [1.807, 2.05) is 37.3 Å². The number of aromatic amines is 1. The maximum absolute atomic E-state index is 13.0. The van der Waals surface area contributed by atoms with Gasteiger partial charge in [-0.05, 0) is 31.5 Å². The second-order valence-corrected chi connectivity index (χ2v) is 7.55. The number of H-pyrrole nitrogens is 1. The van der Waals surface area contributed by atoms with Gasteiger partial charge in [-0.3, -0.25) is 9.36 Å². The molecule has 2 atom stereocenters. The molecule has 0 spiro atoms. The van der Waals surface area contributed by atoms with Crippen LogP contribution in [0.4, 0.5) is 0 Å². The number of carbonyl (C=O) groups excluding carboxylic acids is 1. The van der Waals surface area contributed by atoms with Gasteiger partial charge in [0, 0.05) is 24.7 Å². The van der Waals surface area contributed by atoms with Crippen LogP contribution in [0.5, 0.6) is 5.75 Å². The van der Waals surface area contributed by atoms with Crippen molar-refractivity contribution in [2.75, 3.05) is 6.54 Å².